The predicted octanol–water partition coefficient (Wildman–Crippen LogP) is 2.46. The molecule has 0 aliphatic carbocycles. The zero-order valence-electron chi connectivity index (χ0n) is 11.2. The van der Waals surface area contributed by atoms with Gasteiger partial charge in [-0.2, -0.15) is 0 Å². The zero-order valence-corrected chi connectivity index (χ0v) is 12.2. The fourth-order valence-electron chi connectivity index (χ4n) is 1.42. The van der Waals surface area contributed by atoms with Crippen molar-refractivity contribution in [3.05, 3.63) is 0 Å². The van der Waals surface area contributed by atoms with E-state index in [-0.39, 0.29) is 6.10 Å². The molecule has 0 aliphatic heterocycles. The van der Waals surface area contributed by atoms with E-state index in [1.807, 2.05) is 34.6 Å². The number of rotatable bonds is 10. The van der Waals surface area contributed by atoms with E-state index in [9.17, 15) is 0 Å². The van der Waals surface area contributed by atoms with Gasteiger partial charge in [-0.05, 0) is 34.6 Å². The first kappa shape index (κ1) is 16.1. The summed E-state index contributed by atoms with van der Waals surface area (Å²) in [6.45, 7) is 12.4. The van der Waals surface area contributed by atoms with Gasteiger partial charge in [-0.3, -0.25) is 0 Å². The maximum absolute atomic E-state index is 5.71. The summed E-state index contributed by atoms with van der Waals surface area (Å²) in [5.74, 6) is 0. The molecule has 0 heterocycles. The summed E-state index contributed by atoms with van der Waals surface area (Å²) < 4.78 is 22.7. The van der Waals surface area contributed by atoms with E-state index in [1.54, 1.807) is 0 Å². The van der Waals surface area contributed by atoms with Gasteiger partial charge in [-0.15, -0.1) is 0 Å². The molecule has 0 atom stereocenters. The van der Waals surface area contributed by atoms with E-state index in [0.717, 1.165) is 6.04 Å². The van der Waals surface area contributed by atoms with Crippen LogP contribution in [0.5, 0.6) is 0 Å². The highest BCUT2D eigenvalue weighted by Gasteiger charge is 2.40. The Hall–Kier alpha value is 0.0569. The Labute approximate surface area is 101 Å². The van der Waals surface area contributed by atoms with Crippen LogP contribution in [0.3, 0.4) is 0 Å². The number of hydrogen-bond donors (Lipinski definition) is 0. The third-order valence-electron chi connectivity index (χ3n) is 1.95. The maximum Gasteiger partial charge on any atom is 0.503 e. The van der Waals surface area contributed by atoms with E-state index < -0.39 is 8.80 Å². The second-order valence-electron chi connectivity index (χ2n) is 3.65. The molecule has 0 unspecified atom stereocenters. The first-order valence-corrected chi connectivity index (χ1v) is 8.06. The number of ether oxygens (including phenoxy) is 1. The standard InChI is InChI=1S/C11H26O4Si/c1-6-13-16(14-7-2,15-8-3)10-9-12-11(4)5/h11H,6-10H2,1-5H3. The monoisotopic (exact) mass is 250 g/mol. The predicted molar refractivity (Wildman–Crippen MR) is 66.5 cm³/mol. The van der Waals surface area contributed by atoms with Crippen LogP contribution in [0, 0.1) is 0 Å². The molecule has 0 aromatic heterocycles. The van der Waals surface area contributed by atoms with Crippen LogP contribution < -0.4 is 0 Å². The van der Waals surface area contributed by atoms with Crippen LogP contribution in [0.15, 0.2) is 0 Å². The fraction of sp³-hybridized carbons (Fsp3) is 1.00. The second kappa shape index (κ2) is 9.12. The Kier molecular flexibility index (Phi) is 9.16. The molecular weight excluding hydrogens is 224 g/mol. The lowest BCUT2D eigenvalue weighted by molar-refractivity contribution is 0.0453. The molecule has 0 rings (SSSR count). The lowest BCUT2D eigenvalue weighted by atomic mass is 10.5. The van der Waals surface area contributed by atoms with Gasteiger partial charge < -0.3 is 18.0 Å². The quantitative estimate of drug-likeness (QED) is 0.558. The third-order valence-corrected chi connectivity index (χ3v) is 4.95. The van der Waals surface area contributed by atoms with Crippen LogP contribution in [0.1, 0.15) is 34.6 Å². The zero-order chi connectivity index (χ0) is 12.4. The van der Waals surface area contributed by atoms with Crippen molar-refractivity contribution in [1.82, 2.24) is 0 Å². The van der Waals surface area contributed by atoms with Crippen molar-refractivity contribution < 1.29 is 18.0 Å². The molecule has 98 valence electrons. The molecule has 0 fully saturated rings. The molecule has 0 N–H and O–H groups in total. The summed E-state index contributed by atoms with van der Waals surface area (Å²) in [5.41, 5.74) is 0. The Morgan fingerprint density at radius 1 is 0.875 bits per heavy atom. The van der Waals surface area contributed by atoms with Crippen molar-refractivity contribution in [2.45, 2.75) is 46.8 Å². The van der Waals surface area contributed by atoms with E-state index in [4.69, 9.17) is 18.0 Å². The summed E-state index contributed by atoms with van der Waals surface area (Å²) >= 11 is 0. The molecule has 0 aromatic carbocycles. The highest BCUT2D eigenvalue weighted by Crippen LogP contribution is 2.16. The van der Waals surface area contributed by atoms with Gasteiger partial charge in [0, 0.05) is 25.9 Å². The van der Waals surface area contributed by atoms with Crippen molar-refractivity contribution in [1.29, 1.82) is 0 Å². The molecule has 0 saturated carbocycles. The van der Waals surface area contributed by atoms with Gasteiger partial charge in [0.15, 0.2) is 0 Å². The molecule has 0 radical (unpaired) electrons. The molecule has 0 aromatic rings. The summed E-state index contributed by atoms with van der Waals surface area (Å²) in [6.07, 6.45) is 0.233. The average Bonchev–Trinajstić information content (AvgIpc) is 2.18. The molecule has 0 spiro atoms. The third kappa shape index (κ3) is 6.60. The van der Waals surface area contributed by atoms with Crippen molar-refractivity contribution in [3.63, 3.8) is 0 Å². The average molecular weight is 250 g/mol. The van der Waals surface area contributed by atoms with E-state index in [0.29, 0.717) is 26.4 Å². The highest BCUT2D eigenvalue weighted by molar-refractivity contribution is 6.60. The van der Waals surface area contributed by atoms with Crippen LogP contribution in [0.25, 0.3) is 0 Å². The Morgan fingerprint density at radius 3 is 1.62 bits per heavy atom. The normalized spacial score (nSPS) is 12.4. The van der Waals surface area contributed by atoms with Gasteiger partial charge in [0.05, 0.1) is 12.7 Å². The van der Waals surface area contributed by atoms with Gasteiger partial charge in [-0.25, -0.2) is 0 Å². The molecule has 0 saturated heterocycles. The van der Waals surface area contributed by atoms with Crippen LogP contribution in [0.2, 0.25) is 6.04 Å². The van der Waals surface area contributed by atoms with Crippen LogP contribution in [0.4, 0.5) is 0 Å². The van der Waals surface area contributed by atoms with Gasteiger partial charge in [-0.1, -0.05) is 0 Å². The summed E-state index contributed by atoms with van der Waals surface area (Å²) in [4.78, 5) is 0. The minimum atomic E-state index is -2.49. The fourth-order valence-corrected chi connectivity index (χ4v) is 3.79. The first-order chi connectivity index (χ1) is 7.60. The summed E-state index contributed by atoms with van der Waals surface area (Å²) in [5, 5.41) is 0. The van der Waals surface area contributed by atoms with Crippen LogP contribution in [-0.4, -0.2) is 41.3 Å². The van der Waals surface area contributed by atoms with E-state index in [2.05, 4.69) is 0 Å². The Morgan fingerprint density at radius 2 is 1.31 bits per heavy atom. The van der Waals surface area contributed by atoms with Gasteiger partial charge in [0.2, 0.25) is 0 Å². The smallest absolute Gasteiger partial charge is 0.379 e. The van der Waals surface area contributed by atoms with Crippen molar-refractivity contribution in [2.24, 2.45) is 0 Å². The Balaban J connectivity index is 4.23. The minimum absolute atomic E-state index is 0.233. The van der Waals surface area contributed by atoms with E-state index in [1.165, 1.54) is 0 Å². The van der Waals surface area contributed by atoms with Crippen LogP contribution in [-0.2, 0) is 18.0 Å². The molecular formula is C11H26O4Si. The summed E-state index contributed by atoms with van der Waals surface area (Å²) in [7, 11) is -2.49. The van der Waals surface area contributed by atoms with Gasteiger partial charge in [0.25, 0.3) is 0 Å². The molecule has 4 nitrogen and oxygen atoms in total. The van der Waals surface area contributed by atoms with Crippen molar-refractivity contribution in [2.75, 3.05) is 26.4 Å². The second-order valence-corrected chi connectivity index (χ2v) is 6.38. The highest BCUT2D eigenvalue weighted by atomic mass is 28.4. The first-order valence-electron chi connectivity index (χ1n) is 6.13. The van der Waals surface area contributed by atoms with E-state index >= 15 is 0 Å². The lowest BCUT2D eigenvalue weighted by Crippen LogP contribution is -2.47. The molecule has 5 heteroatoms. The molecule has 0 bridgehead atoms. The SMILES string of the molecule is CCO[Si](CCOC(C)C)(OCC)OCC. The molecule has 16 heavy (non-hydrogen) atoms. The number of hydrogen-bond acceptors (Lipinski definition) is 4. The summed E-state index contributed by atoms with van der Waals surface area (Å²) in [6, 6.07) is 0.723. The Bertz CT molecular complexity index is 147. The van der Waals surface area contributed by atoms with Crippen molar-refractivity contribution >= 4 is 8.80 Å². The minimum Gasteiger partial charge on any atom is -0.379 e. The van der Waals surface area contributed by atoms with Gasteiger partial charge >= 0.3 is 8.80 Å². The molecule has 0 amide bonds. The van der Waals surface area contributed by atoms with Crippen LogP contribution >= 0.6 is 0 Å². The maximum atomic E-state index is 5.71. The largest absolute Gasteiger partial charge is 0.503 e. The molecule has 0 aliphatic rings. The lowest BCUT2D eigenvalue weighted by Gasteiger charge is -2.28. The topological polar surface area (TPSA) is 36.9 Å². The van der Waals surface area contributed by atoms with Gasteiger partial charge in [0.1, 0.15) is 0 Å². The van der Waals surface area contributed by atoms with Crippen molar-refractivity contribution in [3.8, 4) is 0 Å².